The van der Waals surface area contributed by atoms with E-state index in [0.29, 0.717) is 0 Å². The number of hydrogen-bond donors (Lipinski definition) is 1. The summed E-state index contributed by atoms with van der Waals surface area (Å²) in [6.45, 7) is 1.25. The molecule has 6 nitrogen and oxygen atoms in total. The molecule has 90 valence electrons. The molecule has 0 aliphatic carbocycles. The van der Waals surface area contributed by atoms with E-state index in [9.17, 15) is 24.1 Å². The van der Waals surface area contributed by atoms with Gasteiger partial charge >= 0.3 is 5.69 Å². The van der Waals surface area contributed by atoms with Crippen molar-refractivity contribution in [3.63, 3.8) is 0 Å². The van der Waals surface area contributed by atoms with Crippen LogP contribution in [0.4, 0.5) is 15.8 Å². The zero-order chi connectivity index (χ0) is 13.0. The van der Waals surface area contributed by atoms with E-state index in [1.807, 2.05) is 0 Å². The lowest BCUT2D eigenvalue weighted by molar-refractivity contribution is -0.387. The molecular formula is C10H9FN2O4. The third-order valence-corrected chi connectivity index (χ3v) is 1.84. The van der Waals surface area contributed by atoms with Crippen LogP contribution < -0.4 is 5.32 Å². The van der Waals surface area contributed by atoms with Gasteiger partial charge in [-0.25, -0.2) is 0 Å². The summed E-state index contributed by atoms with van der Waals surface area (Å²) in [5.41, 5.74) is -0.603. The van der Waals surface area contributed by atoms with E-state index in [4.69, 9.17) is 0 Å². The van der Waals surface area contributed by atoms with Gasteiger partial charge in [-0.05, 0) is 13.0 Å². The molecular weight excluding hydrogens is 231 g/mol. The number of amides is 1. The van der Waals surface area contributed by atoms with Crippen LogP contribution in [0, 0.1) is 15.9 Å². The molecule has 1 aromatic carbocycles. The number of nitro groups is 1. The van der Waals surface area contributed by atoms with Crippen LogP contribution in [0.1, 0.15) is 13.3 Å². The SMILES string of the molecule is CC(=O)CC(=O)Nc1ccc([N+](=O)[O-])c(F)c1. The van der Waals surface area contributed by atoms with E-state index in [-0.39, 0.29) is 17.9 Å². The minimum Gasteiger partial charge on any atom is -0.326 e. The van der Waals surface area contributed by atoms with Crippen LogP contribution in [0.3, 0.4) is 0 Å². The third-order valence-electron chi connectivity index (χ3n) is 1.84. The second kappa shape index (κ2) is 5.15. The van der Waals surface area contributed by atoms with Gasteiger partial charge in [0.15, 0.2) is 0 Å². The Balaban J connectivity index is 2.81. The van der Waals surface area contributed by atoms with Crippen molar-refractivity contribution in [1.29, 1.82) is 0 Å². The summed E-state index contributed by atoms with van der Waals surface area (Å²) in [7, 11) is 0. The molecule has 0 saturated carbocycles. The Kier molecular flexibility index (Phi) is 3.86. The van der Waals surface area contributed by atoms with Crippen molar-refractivity contribution in [2.24, 2.45) is 0 Å². The Labute approximate surface area is 95.6 Å². The predicted octanol–water partition coefficient (Wildman–Crippen LogP) is 1.65. The number of nitro benzene ring substituents is 1. The van der Waals surface area contributed by atoms with Gasteiger partial charge in [0.05, 0.1) is 11.3 Å². The highest BCUT2D eigenvalue weighted by atomic mass is 19.1. The molecule has 0 aliphatic rings. The zero-order valence-corrected chi connectivity index (χ0v) is 8.90. The smallest absolute Gasteiger partial charge is 0.304 e. The molecule has 1 rings (SSSR count). The largest absolute Gasteiger partial charge is 0.326 e. The molecule has 0 radical (unpaired) electrons. The Bertz CT molecular complexity index is 487. The molecule has 0 bridgehead atoms. The Morgan fingerprint density at radius 2 is 2.12 bits per heavy atom. The number of anilines is 1. The fourth-order valence-corrected chi connectivity index (χ4v) is 1.16. The lowest BCUT2D eigenvalue weighted by Gasteiger charge is -2.03. The molecule has 1 N–H and O–H groups in total. The molecule has 0 fully saturated rings. The lowest BCUT2D eigenvalue weighted by atomic mass is 10.2. The third kappa shape index (κ3) is 3.63. The first-order valence-electron chi connectivity index (χ1n) is 4.63. The van der Waals surface area contributed by atoms with Crippen LogP contribution in [-0.2, 0) is 9.59 Å². The van der Waals surface area contributed by atoms with Crippen molar-refractivity contribution in [3.8, 4) is 0 Å². The lowest BCUT2D eigenvalue weighted by Crippen LogP contribution is -2.14. The number of Topliss-reactive ketones (excluding diaryl/α,β-unsaturated/α-hetero) is 1. The van der Waals surface area contributed by atoms with E-state index >= 15 is 0 Å². The number of carbonyl (C=O) groups excluding carboxylic acids is 2. The minimum atomic E-state index is -1.05. The normalized spacial score (nSPS) is 9.76. The molecule has 0 heterocycles. The second-order valence-electron chi connectivity index (χ2n) is 3.35. The first-order valence-corrected chi connectivity index (χ1v) is 4.63. The molecule has 0 atom stereocenters. The number of nitrogens with one attached hydrogen (secondary N) is 1. The van der Waals surface area contributed by atoms with Gasteiger partial charge in [-0.2, -0.15) is 4.39 Å². The number of halogens is 1. The highest BCUT2D eigenvalue weighted by Crippen LogP contribution is 2.20. The Morgan fingerprint density at radius 1 is 1.47 bits per heavy atom. The van der Waals surface area contributed by atoms with E-state index in [1.54, 1.807) is 0 Å². The maximum absolute atomic E-state index is 13.2. The maximum Gasteiger partial charge on any atom is 0.304 e. The van der Waals surface area contributed by atoms with E-state index in [2.05, 4.69) is 5.32 Å². The van der Waals surface area contributed by atoms with E-state index in [0.717, 1.165) is 12.1 Å². The van der Waals surface area contributed by atoms with Crippen LogP contribution in [0.5, 0.6) is 0 Å². The molecule has 0 spiro atoms. The Morgan fingerprint density at radius 3 is 2.59 bits per heavy atom. The first-order chi connectivity index (χ1) is 7.90. The molecule has 0 saturated heterocycles. The van der Waals surface area contributed by atoms with Gasteiger partial charge in [-0.15, -0.1) is 0 Å². The second-order valence-corrected chi connectivity index (χ2v) is 3.35. The van der Waals surface area contributed by atoms with Crippen molar-refractivity contribution in [1.82, 2.24) is 0 Å². The summed E-state index contributed by atoms with van der Waals surface area (Å²) in [4.78, 5) is 31.3. The Hall–Kier alpha value is -2.31. The molecule has 1 aromatic rings. The molecule has 0 aromatic heterocycles. The van der Waals surface area contributed by atoms with Crippen LogP contribution in [0.2, 0.25) is 0 Å². The number of nitrogens with zero attached hydrogens (tertiary/aromatic N) is 1. The van der Waals surface area contributed by atoms with Gasteiger partial charge in [0.1, 0.15) is 5.78 Å². The van der Waals surface area contributed by atoms with Gasteiger partial charge < -0.3 is 5.32 Å². The standard InChI is InChI=1S/C10H9FN2O4/c1-6(14)4-10(15)12-7-2-3-9(13(16)17)8(11)5-7/h2-3,5H,4H2,1H3,(H,12,15). The molecule has 7 heteroatoms. The van der Waals surface area contributed by atoms with Gasteiger partial charge in [-0.1, -0.05) is 0 Å². The van der Waals surface area contributed by atoms with E-state index in [1.165, 1.54) is 13.0 Å². The van der Waals surface area contributed by atoms with Crippen LogP contribution in [0.25, 0.3) is 0 Å². The fraction of sp³-hybridized carbons (Fsp3) is 0.200. The molecule has 17 heavy (non-hydrogen) atoms. The summed E-state index contributed by atoms with van der Waals surface area (Å²) in [6.07, 6.45) is -0.321. The predicted molar refractivity (Wildman–Crippen MR) is 57.0 cm³/mol. The number of ketones is 1. The number of benzene rings is 1. The topological polar surface area (TPSA) is 89.3 Å². The monoisotopic (exact) mass is 240 g/mol. The summed E-state index contributed by atoms with van der Waals surface area (Å²) in [5, 5.41) is 12.6. The molecule has 0 unspecified atom stereocenters. The van der Waals surface area contributed by atoms with Gasteiger partial charge in [0.25, 0.3) is 0 Å². The van der Waals surface area contributed by atoms with Gasteiger partial charge in [-0.3, -0.25) is 19.7 Å². The van der Waals surface area contributed by atoms with Gasteiger partial charge in [0.2, 0.25) is 11.7 Å². The summed E-state index contributed by atoms with van der Waals surface area (Å²) < 4.78 is 13.2. The van der Waals surface area contributed by atoms with Crippen molar-refractivity contribution in [3.05, 3.63) is 34.1 Å². The first kappa shape index (κ1) is 12.8. The van der Waals surface area contributed by atoms with Crippen LogP contribution in [0.15, 0.2) is 18.2 Å². The average molecular weight is 240 g/mol. The minimum absolute atomic E-state index is 0.0688. The summed E-state index contributed by atoms with van der Waals surface area (Å²) in [5.74, 6) is -1.97. The quantitative estimate of drug-likeness (QED) is 0.492. The average Bonchev–Trinajstić information content (AvgIpc) is 2.15. The molecule has 1 amide bonds. The van der Waals surface area contributed by atoms with Crippen LogP contribution >= 0.6 is 0 Å². The van der Waals surface area contributed by atoms with Crippen molar-refractivity contribution in [2.75, 3.05) is 5.32 Å². The number of rotatable bonds is 4. The number of hydrogen-bond acceptors (Lipinski definition) is 4. The summed E-state index contributed by atoms with van der Waals surface area (Å²) in [6, 6.07) is 2.97. The van der Waals surface area contributed by atoms with Crippen molar-refractivity contribution < 1.29 is 18.9 Å². The summed E-state index contributed by atoms with van der Waals surface area (Å²) >= 11 is 0. The number of carbonyl (C=O) groups is 2. The van der Waals surface area contributed by atoms with Crippen molar-refractivity contribution in [2.45, 2.75) is 13.3 Å². The zero-order valence-electron chi connectivity index (χ0n) is 8.90. The fourth-order valence-electron chi connectivity index (χ4n) is 1.16. The van der Waals surface area contributed by atoms with Crippen molar-refractivity contribution >= 4 is 23.1 Å². The van der Waals surface area contributed by atoms with Gasteiger partial charge in [0, 0.05) is 17.8 Å². The maximum atomic E-state index is 13.2. The van der Waals surface area contributed by atoms with Crippen LogP contribution in [-0.4, -0.2) is 16.6 Å². The van der Waals surface area contributed by atoms with E-state index < -0.39 is 22.3 Å². The molecule has 0 aliphatic heterocycles. The highest BCUT2D eigenvalue weighted by Gasteiger charge is 2.14. The highest BCUT2D eigenvalue weighted by molar-refractivity contribution is 6.03.